The van der Waals surface area contributed by atoms with E-state index in [2.05, 4.69) is 23.7 Å². The number of fused-ring (bicyclic) bond motifs is 1. The van der Waals surface area contributed by atoms with E-state index in [-0.39, 0.29) is 6.04 Å². The SMILES string of the molecule is O=P(ONC1CCc2ccccc21)(c1ccccc1)c1ccccc1. The maximum atomic E-state index is 13.8. The fraction of sp³-hybridized carbons (Fsp3) is 0.143. The lowest BCUT2D eigenvalue weighted by atomic mass is 10.1. The van der Waals surface area contributed by atoms with Crippen LogP contribution in [0.1, 0.15) is 23.6 Å². The molecule has 0 saturated carbocycles. The highest BCUT2D eigenvalue weighted by Crippen LogP contribution is 2.45. The number of benzene rings is 3. The molecule has 0 fully saturated rings. The second kappa shape index (κ2) is 6.97. The minimum atomic E-state index is -3.20. The highest BCUT2D eigenvalue weighted by molar-refractivity contribution is 7.74. The first-order chi connectivity index (χ1) is 12.3. The first-order valence-electron chi connectivity index (χ1n) is 8.50. The zero-order valence-electron chi connectivity index (χ0n) is 13.8. The Morgan fingerprint density at radius 1 is 0.800 bits per heavy atom. The molecule has 1 aliphatic rings. The van der Waals surface area contributed by atoms with Gasteiger partial charge in [0.25, 0.3) is 7.37 Å². The Kier molecular flexibility index (Phi) is 4.54. The standard InChI is InChI=1S/C21H20NO2P/c23-25(18-10-3-1-4-11-18,19-12-5-2-6-13-19)24-22-21-16-15-17-9-7-8-14-20(17)21/h1-14,21-22H,15-16H2. The summed E-state index contributed by atoms with van der Waals surface area (Å²) in [5, 5.41) is 1.39. The molecule has 4 rings (SSSR count). The van der Waals surface area contributed by atoms with E-state index in [1.807, 2.05) is 66.7 Å². The van der Waals surface area contributed by atoms with Crippen LogP contribution in [0.2, 0.25) is 0 Å². The van der Waals surface area contributed by atoms with Crippen LogP contribution in [0.15, 0.2) is 84.9 Å². The average Bonchev–Trinajstić information content (AvgIpc) is 3.11. The molecule has 1 aliphatic carbocycles. The van der Waals surface area contributed by atoms with Crippen molar-refractivity contribution in [3.05, 3.63) is 96.1 Å². The van der Waals surface area contributed by atoms with Gasteiger partial charge in [-0.3, -0.25) is 4.57 Å². The van der Waals surface area contributed by atoms with Crippen LogP contribution >= 0.6 is 7.37 Å². The van der Waals surface area contributed by atoms with Gasteiger partial charge in [-0.2, -0.15) is 5.48 Å². The van der Waals surface area contributed by atoms with Gasteiger partial charge in [0, 0.05) is 10.6 Å². The van der Waals surface area contributed by atoms with Gasteiger partial charge in [0.1, 0.15) is 0 Å². The quantitative estimate of drug-likeness (QED) is 0.556. The molecule has 4 heteroatoms. The largest absolute Gasteiger partial charge is 0.281 e. The van der Waals surface area contributed by atoms with E-state index in [0.717, 1.165) is 12.8 Å². The second-order valence-electron chi connectivity index (χ2n) is 6.22. The van der Waals surface area contributed by atoms with Crippen molar-refractivity contribution in [1.82, 2.24) is 5.48 Å². The van der Waals surface area contributed by atoms with Gasteiger partial charge >= 0.3 is 0 Å². The minimum absolute atomic E-state index is 0.0666. The Morgan fingerprint density at radius 2 is 1.36 bits per heavy atom. The van der Waals surface area contributed by atoms with Crippen LogP contribution in [0.3, 0.4) is 0 Å². The molecular formula is C21H20NO2P. The lowest BCUT2D eigenvalue weighted by molar-refractivity contribution is 0.165. The van der Waals surface area contributed by atoms with Crippen LogP contribution in [0.25, 0.3) is 0 Å². The van der Waals surface area contributed by atoms with Gasteiger partial charge < -0.3 is 0 Å². The second-order valence-corrected chi connectivity index (χ2v) is 8.54. The van der Waals surface area contributed by atoms with E-state index in [4.69, 9.17) is 4.62 Å². The molecule has 0 amide bonds. The number of hydrogen-bond acceptors (Lipinski definition) is 3. The molecule has 25 heavy (non-hydrogen) atoms. The first kappa shape index (κ1) is 16.3. The molecule has 3 aromatic rings. The number of hydrogen-bond donors (Lipinski definition) is 1. The molecule has 0 bridgehead atoms. The van der Waals surface area contributed by atoms with Crippen molar-refractivity contribution in [2.24, 2.45) is 0 Å². The zero-order chi connectivity index (χ0) is 17.1. The van der Waals surface area contributed by atoms with Crippen molar-refractivity contribution in [2.75, 3.05) is 0 Å². The monoisotopic (exact) mass is 349 g/mol. The molecule has 0 heterocycles. The molecule has 0 aliphatic heterocycles. The minimum Gasteiger partial charge on any atom is -0.281 e. The van der Waals surface area contributed by atoms with Gasteiger partial charge in [0.15, 0.2) is 0 Å². The number of hydroxylamine groups is 1. The molecule has 3 nitrogen and oxygen atoms in total. The molecule has 1 unspecified atom stereocenters. The number of rotatable bonds is 5. The molecule has 3 aromatic carbocycles. The Bertz CT molecular complexity index is 853. The van der Waals surface area contributed by atoms with Crippen LogP contribution < -0.4 is 16.1 Å². The van der Waals surface area contributed by atoms with E-state index in [0.29, 0.717) is 10.6 Å². The Labute approximate surface area is 148 Å². The van der Waals surface area contributed by atoms with Crippen molar-refractivity contribution in [1.29, 1.82) is 0 Å². The highest BCUT2D eigenvalue weighted by Gasteiger charge is 2.31. The van der Waals surface area contributed by atoms with Crippen molar-refractivity contribution in [3.63, 3.8) is 0 Å². The Balaban J connectivity index is 1.64. The summed E-state index contributed by atoms with van der Waals surface area (Å²) in [5.74, 6) is 0. The molecule has 126 valence electrons. The number of nitrogens with one attached hydrogen (secondary N) is 1. The van der Waals surface area contributed by atoms with Gasteiger partial charge in [0.05, 0.1) is 6.04 Å². The Morgan fingerprint density at radius 3 is 2.00 bits per heavy atom. The van der Waals surface area contributed by atoms with Gasteiger partial charge in [-0.25, -0.2) is 4.62 Å². The molecule has 1 atom stereocenters. The molecule has 0 aromatic heterocycles. The van der Waals surface area contributed by atoms with Crippen LogP contribution in [-0.2, 0) is 15.6 Å². The summed E-state index contributed by atoms with van der Waals surface area (Å²) >= 11 is 0. The fourth-order valence-electron chi connectivity index (χ4n) is 3.32. The van der Waals surface area contributed by atoms with Gasteiger partial charge in [-0.1, -0.05) is 60.7 Å². The summed E-state index contributed by atoms with van der Waals surface area (Å²) in [6.07, 6.45) is 1.96. The third-order valence-corrected chi connectivity index (χ3v) is 6.97. The van der Waals surface area contributed by atoms with Gasteiger partial charge in [0.2, 0.25) is 0 Å². The third-order valence-electron chi connectivity index (χ3n) is 4.65. The maximum absolute atomic E-state index is 13.8. The lowest BCUT2D eigenvalue weighted by Gasteiger charge is -2.22. The summed E-state index contributed by atoms with van der Waals surface area (Å²) in [6, 6.07) is 27.2. The number of aryl methyl sites for hydroxylation is 1. The molecular weight excluding hydrogens is 329 g/mol. The highest BCUT2D eigenvalue weighted by atomic mass is 31.2. The molecule has 0 spiro atoms. The molecule has 0 saturated heterocycles. The van der Waals surface area contributed by atoms with Crippen LogP contribution in [0.4, 0.5) is 0 Å². The summed E-state index contributed by atoms with van der Waals surface area (Å²) < 4.78 is 19.7. The fourth-order valence-corrected chi connectivity index (χ4v) is 5.23. The van der Waals surface area contributed by atoms with E-state index < -0.39 is 7.37 Å². The van der Waals surface area contributed by atoms with Crippen LogP contribution in [0, 0.1) is 0 Å². The molecule has 1 N–H and O–H groups in total. The predicted molar refractivity (Wildman–Crippen MR) is 101 cm³/mol. The van der Waals surface area contributed by atoms with E-state index in [1.54, 1.807) is 0 Å². The summed E-state index contributed by atoms with van der Waals surface area (Å²) in [5.41, 5.74) is 5.68. The van der Waals surface area contributed by atoms with Crippen molar-refractivity contribution < 1.29 is 9.19 Å². The van der Waals surface area contributed by atoms with Crippen LogP contribution in [0.5, 0.6) is 0 Å². The predicted octanol–water partition coefficient (Wildman–Crippen LogP) is 4.12. The van der Waals surface area contributed by atoms with Crippen LogP contribution in [-0.4, -0.2) is 0 Å². The lowest BCUT2D eigenvalue weighted by Crippen LogP contribution is -2.26. The van der Waals surface area contributed by atoms with Crippen molar-refractivity contribution >= 4 is 18.0 Å². The van der Waals surface area contributed by atoms with E-state index >= 15 is 0 Å². The normalized spacial score (nSPS) is 16.6. The van der Waals surface area contributed by atoms with Crippen molar-refractivity contribution in [3.8, 4) is 0 Å². The smallest absolute Gasteiger partial charge is 0.277 e. The molecule has 0 radical (unpaired) electrons. The summed E-state index contributed by atoms with van der Waals surface area (Å²) in [4.78, 5) is 0. The topological polar surface area (TPSA) is 38.3 Å². The summed E-state index contributed by atoms with van der Waals surface area (Å²) in [6.45, 7) is 0. The first-order valence-corrected chi connectivity index (χ1v) is 10.1. The van der Waals surface area contributed by atoms with Gasteiger partial charge in [-0.15, -0.1) is 0 Å². The van der Waals surface area contributed by atoms with E-state index in [9.17, 15) is 4.57 Å². The average molecular weight is 349 g/mol. The Hall–Kier alpha value is -2.19. The van der Waals surface area contributed by atoms with E-state index in [1.165, 1.54) is 11.1 Å². The van der Waals surface area contributed by atoms with Gasteiger partial charge in [-0.05, 0) is 48.2 Å². The van der Waals surface area contributed by atoms with Crippen molar-refractivity contribution in [2.45, 2.75) is 18.9 Å². The summed E-state index contributed by atoms with van der Waals surface area (Å²) in [7, 11) is -3.20. The maximum Gasteiger partial charge on any atom is 0.277 e. The third kappa shape index (κ3) is 3.19. The zero-order valence-corrected chi connectivity index (χ0v) is 14.7.